The lowest BCUT2D eigenvalue weighted by Gasteiger charge is -2.21. The van der Waals surface area contributed by atoms with Gasteiger partial charge in [-0.2, -0.15) is 15.0 Å². The zero-order chi connectivity index (χ0) is 15.2. The third-order valence-corrected chi connectivity index (χ3v) is 2.99. The average molecular weight is 310 g/mol. The molecular weight excluding hydrogens is 293 g/mol. The number of nitrogens with one attached hydrogen (secondary N) is 1. The summed E-state index contributed by atoms with van der Waals surface area (Å²) in [5.74, 6) is 0.587. The van der Waals surface area contributed by atoms with Gasteiger partial charge in [-0.1, -0.05) is 6.92 Å². The van der Waals surface area contributed by atoms with Gasteiger partial charge in [0.05, 0.1) is 0 Å². The molecule has 2 rings (SSSR count). The molecule has 1 aromatic carbocycles. The van der Waals surface area contributed by atoms with Crippen LogP contribution in [-0.4, -0.2) is 28.0 Å². The Bertz CT molecular complexity index is 590. The van der Waals surface area contributed by atoms with E-state index in [2.05, 4.69) is 20.3 Å². The Balaban J connectivity index is 2.32. The molecule has 0 saturated heterocycles. The predicted molar refractivity (Wildman–Crippen MR) is 82.7 cm³/mol. The van der Waals surface area contributed by atoms with Gasteiger partial charge in [0, 0.05) is 18.8 Å². The van der Waals surface area contributed by atoms with E-state index in [1.165, 1.54) is 12.1 Å². The fraction of sp³-hybridized carbons (Fsp3) is 0.357. The molecule has 2 aromatic rings. The lowest BCUT2D eigenvalue weighted by Crippen LogP contribution is -2.20. The normalized spacial score (nSPS) is 10.5. The molecule has 0 atom stereocenters. The van der Waals surface area contributed by atoms with Crippen molar-refractivity contribution in [1.82, 2.24) is 15.0 Å². The van der Waals surface area contributed by atoms with Gasteiger partial charge in [-0.15, -0.1) is 0 Å². The molecule has 5 nitrogen and oxygen atoms in total. The minimum absolute atomic E-state index is 0.124. The second-order valence-corrected chi connectivity index (χ2v) is 4.71. The molecule has 0 fully saturated rings. The van der Waals surface area contributed by atoms with Gasteiger partial charge in [0.1, 0.15) is 5.82 Å². The zero-order valence-electron chi connectivity index (χ0n) is 12.0. The maximum absolute atomic E-state index is 13.0. The summed E-state index contributed by atoms with van der Waals surface area (Å²) in [5.41, 5.74) is 0.794. The first-order valence-electron chi connectivity index (χ1n) is 6.82. The van der Waals surface area contributed by atoms with Crippen LogP contribution < -0.4 is 10.2 Å². The van der Waals surface area contributed by atoms with E-state index in [0.29, 0.717) is 18.4 Å². The van der Waals surface area contributed by atoms with Gasteiger partial charge in [-0.05, 0) is 49.2 Å². The van der Waals surface area contributed by atoms with Crippen LogP contribution in [0.5, 0.6) is 0 Å². The first kappa shape index (κ1) is 15.4. The summed E-state index contributed by atoms with van der Waals surface area (Å²) in [4.78, 5) is 14.4. The minimum Gasteiger partial charge on any atom is -0.354 e. The van der Waals surface area contributed by atoms with E-state index in [4.69, 9.17) is 11.6 Å². The van der Waals surface area contributed by atoms with E-state index in [1.54, 1.807) is 12.1 Å². The summed E-state index contributed by atoms with van der Waals surface area (Å²) in [6.45, 7) is 5.38. The molecule has 0 bridgehead atoms. The standard InChI is InChI=1S/C14H17ClFN5/c1-3-9-17-13-18-12(15)19-14(20-13)21(4-2)11-7-5-10(16)6-8-11/h5-8H,3-4,9H2,1-2H3,(H,17,18,19,20). The number of halogens is 2. The van der Waals surface area contributed by atoms with Gasteiger partial charge in [0.2, 0.25) is 17.2 Å². The average Bonchev–Trinajstić information content (AvgIpc) is 2.47. The first-order chi connectivity index (χ1) is 10.1. The molecule has 0 aliphatic rings. The summed E-state index contributed by atoms with van der Waals surface area (Å²) < 4.78 is 13.0. The van der Waals surface area contributed by atoms with Crippen molar-refractivity contribution in [1.29, 1.82) is 0 Å². The highest BCUT2D eigenvalue weighted by Gasteiger charge is 2.13. The molecule has 7 heteroatoms. The minimum atomic E-state index is -0.284. The Hall–Kier alpha value is -1.95. The van der Waals surface area contributed by atoms with Crippen molar-refractivity contribution in [3.8, 4) is 0 Å². The van der Waals surface area contributed by atoms with E-state index >= 15 is 0 Å². The van der Waals surface area contributed by atoms with Gasteiger partial charge >= 0.3 is 0 Å². The van der Waals surface area contributed by atoms with Crippen LogP contribution in [0.4, 0.5) is 22.0 Å². The lowest BCUT2D eigenvalue weighted by atomic mass is 10.3. The molecule has 1 N–H and O–H groups in total. The smallest absolute Gasteiger partial charge is 0.236 e. The predicted octanol–water partition coefficient (Wildman–Crippen LogP) is 3.64. The Morgan fingerprint density at radius 2 is 1.86 bits per heavy atom. The van der Waals surface area contributed by atoms with Gasteiger partial charge in [-0.3, -0.25) is 0 Å². The monoisotopic (exact) mass is 309 g/mol. The molecule has 0 aliphatic carbocycles. The van der Waals surface area contributed by atoms with Crippen molar-refractivity contribution < 1.29 is 4.39 Å². The van der Waals surface area contributed by atoms with Crippen LogP contribution >= 0.6 is 11.6 Å². The second kappa shape index (κ2) is 7.17. The van der Waals surface area contributed by atoms with Crippen molar-refractivity contribution in [2.24, 2.45) is 0 Å². The summed E-state index contributed by atoms with van der Waals surface area (Å²) in [5, 5.41) is 3.21. The SMILES string of the molecule is CCCNc1nc(Cl)nc(N(CC)c2ccc(F)cc2)n1. The number of nitrogens with zero attached hydrogens (tertiary/aromatic N) is 4. The first-order valence-corrected chi connectivity index (χ1v) is 7.20. The van der Waals surface area contributed by atoms with Crippen molar-refractivity contribution in [3.05, 3.63) is 35.4 Å². The molecule has 0 aliphatic heterocycles. The Morgan fingerprint density at radius 3 is 2.48 bits per heavy atom. The maximum atomic E-state index is 13.0. The maximum Gasteiger partial charge on any atom is 0.236 e. The van der Waals surface area contributed by atoms with Gasteiger partial charge in [-0.25, -0.2) is 4.39 Å². The van der Waals surface area contributed by atoms with Crippen LogP contribution in [0.25, 0.3) is 0 Å². The number of aromatic nitrogens is 3. The fourth-order valence-electron chi connectivity index (χ4n) is 1.84. The molecule has 0 saturated carbocycles. The molecule has 0 spiro atoms. The molecule has 0 amide bonds. The quantitative estimate of drug-likeness (QED) is 0.883. The zero-order valence-corrected chi connectivity index (χ0v) is 12.7. The Labute approximate surface area is 128 Å². The van der Waals surface area contributed by atoms with E-state index in [1.807, 2.05) is 18.7 Å². The molecule has 1 aromatic heterocycles. The number of anilines is 3. The number of rotatable bonds is 6. The van der Waals surface area contributed by atoms with E-state index in [-0.39, 0.29) is 11.1 Å². The van der Waals surface area contributed by atoms with Crippen LogP contribution in [0, 0.1) is 5.82 Å². The molecular formula is C14H17ClFN5. The molecule has 21 heavy (non-hydrogen) atoms. The molecule has 112 valence electrons. The molecule has 1 heterocycles. The van der Waals surface area contributed by atoms with Crippen LogP contribution in [-0.2, 0) is 0 Å². The van der Waals surface area contributed by atoms with Crippen molar-refractivity contribution >= 4 is 29.2 Å². The fourth-order valence-corrected chi connectivity index (χ4v) is 1.99. The van der Waals surface area contributed by atoms with Crippen LogP contribution in [0.3, 0.4) is 0 Å². The highest BCUT2D eigenvalue weighted by atomic mass is 35.5. The van der Waals surface area contributed by atoms with E-state index in [9.17, 15) is 4.39 Å². The Kier molecular flexibility index (Phi) is 5.27. The van der Waals surface area contributed by atoms with E-state index < -0.39 is 0 Å². The third-order valence-electron chi connectivity index (χ3n) is 2.83. The summed E-state index contributed by atoms with van der Waals surface area (Å²) in [7, 11) is 0. The summed E-state index contributed by atoms with van der Waals surface area (Å²) in [6, 6.07) is 6.15. The van der Waals surface area contributed by atoms with Crippen LogP contribution in [0.15, 0.2) is 24.3 Å². The summed E-state index contributed by atoms with van der Waals surface area (Å²) >= 11 is 5.95. The Morgan fingerprint density at radius 1 is 1.14 bits per heavy atom. The summed E-state index contributed by atoms with van der Waals surface area (Å²) in [6.07, 6.45) is 0.952. The van der Waals surface area contributed by atoms with Crippen molar-refractivity contribution in [2.75, 3.05) is 23.3 Å². The van der Waals surface area contributed by atoms with Crippen LogP contribution in [0.2, 0.25) is 5.28 Å². The number of hydrogen-bond acceptors (Lipinski definition) is 5. The van der Waals surface area contributed by atoms with Gasteiger partial charge < -0.3 is 10.2 Å². The molecule has 0 radical (unpaired) electrons. The van der Waals surface area contributed by atoms with Gasteiger partial charge in [0.25, 0.3) is 0 Å². The lowest BCUT2D eigenvalue weighted by molar-refractivity contribution is 0.627. The topological polar surface area (TPSA) is 53.9 Å². The number of benzene rings is 1. The van der Waals surface area contributed by atoms with Crippen LogP contribution in [0.1, 0.15) is 20.3 Å². The third kappa shape index (κ3) is 4.01. The van der Waals surface area contributed by atoms with E-state index in [0.717, 1.165) is 18.7 Å². The largest absolute Gasteiger partial charge is 0.354 e. The second-order valence-electron chi connectivity index (χ2n) is 4.38. The van der Waals surface area contributed by atoms with Gasteiger partial charge in [0.15, 0.2) is 0 Å². The van der Waals surface area contributed by atoms with Crippen molar-refractivity contribution in [3.63, 3.8) is 0 Å². The highest BCUT2D eigenvalue weighted by Crippen LogP contribution is 2.23. The van der Waals surface area contributed by atoms with Crippen molar-refractivity contribution in [2.45, 2.75) is 20.3 Å². The molecule has 0 unspecified atom stereocenters. The number of hydrogen-bond donors (Lipinski definition) is 1. The highest BCUT2D eigenvalue weighted by molar-refractivity contribution is 6.28.